The third-order valence-electron chi connectivity index (χ3n) is 3.19. The maximum Gasteiger partial charge on any atom is 0.0930 e. The third kappa shape index (κ3) is 0.990. The summed E-state index contributed by atoms with van der Waals surface area (Å²) in [5.41, 5.74) is 4.67. The van der Waals surface area contributed by atoms with Crippen molar-refractivity contribution in [3.8, 4) is 11.4 Å². The summed E-state index contributed by atoms with van der Waals surface area (Å²) in [5, 5.41) is 0. The van der Waals surface area contributed by atoms with Crippen LogP contribution in [-0.4, -0.2) is 9.97 Å². The lowest BCUT2D eigenvalue weighted by Gasteiger charge is -2.19. The zero-order valence-corrected chi connectivity index (χ0v) is 8.86. The van der Waals surface area contributed by atoms with Gasteiger partial charge < -0.3 is 0 Å². The van der Waals surface area contributed by atoms with Crippen molar-refractivity contribution in [1.29, 1.82) is 0 Å². The van der Waals surface area contributed by atoms with Gasteiger partial charge in [0.05, 0.1) is 11.4 Å². The Kier molecular flexibility index (Phi) is 1.52. The van der Waals surface area contributed by atoms with E-state index in [1.807, 2.05) is 24.5 Å². The zero-order valence-electron chi connectivity index (χ0n) is 8.86. The van der Waals surface area contributed by atoms with Crippen LogP contribution in [0.15, 0.2) is 36.7 Å². The average Bonchev–Trinajstić information content (AvgIpc) is 2.51. The molecule has 2 nitrogen and oxygen atoms in total. The van der Waals surface area contributed by atoms with E-state index < -0.39 is 0 Å². The molecule has 0 spiro atoms. The van der Waals surface area contributed by atoms with E-state index >= 15 is 0 Å². The smallest absolute Gasteiger partial charge is 0.0930 e. The lowest BCUT2D eigenvalue weighted by atomic mass is 9.83. The quantitative estimate of drug-likeness (QED) is 0.647. The van der Waals surface area contributed by atoms with Gasteiger partial charge in [-0.15, -0.1) is 0 Å². The molecule has 2 heteroatoms. The molecule has 0 bridgehead atoms. The van der Waals surface area contributed by atoms with Gasteiger partial charge in [0.1, 0.15) is 0 Å². The van der Waals surface area contributed by atoms with Crippen molar-refractivity contribution >= 4 is 0 Å². The van der Waals surface area contributed by atoms with Gasteiger partial charge in [0.25, 0.3) is 0 Å². The van der Waals surface area contributed by atoms with Crippen LogP contribution in [0.25, 0.3) is 11.4 Å². The second-order valence-corrected chi connectivity index (χ2v) is 4.42. The molecule has 0 N–H and O–H groups in total. The fraction of sp³-hybridized carbons (Fsp3) is 0.231. The molecule has 0 amide bonds. The van der Waals surface area contributed by atoms with Crippen LogP contribution in [0.1, 0.15) is 25.0 Å². The molecule has 1 aliphatic carbocycles. The minimum Gasteiger partial charge on any atom is -0.254 e. The first kappa shape index (κ1) is 8.60. The number of pyridine rings is 2. The molecule has 0 fully saturated rings. The molecule has 2 aromatic rings. The van der Waals surface area contributed by atoms with E-state index in [2.05, 4.69) is 35.9 Å². The molecule has 15 heavy (non-hydrogen) atoms. The molecule has 0 radical (unpaired) electrons. The predicted octanol–water partition coefficient (Wildman–Crippen LogP) is 2.78. The molecule has 0 saturated carbocycles. The minimum absolute atomic E-state index is 0.0349. The molecule has 2 aromatic heterocycles. The highest BCUT2D eigenvalue weighted by molar-refractivity contribution is 5.74. The van der Waals surface area contributed by atoms with Crippen LogP contribution in [0.3, 0.4) is 0 Å². The van der Waals surface area contributed by atoms with Crippen molar-refractivity contribution in [2.75, 3.05) is 0 Å². The maximum absolute atomic E-state index is 4.43. The number of hydrogen-bond donors (Lipinski definition) is 0. The molecule has 3 rings (SSSR count). The molecular weight excluding hydrogens is 184 g/mol. The molecule has 0 aromatic carbocycles. The zero-order chi connectivity index (χ0) is 10.5. The summed E-state index contributed by atoms with van der Waals surface area (Å²) in [5.74, 6) is 0. The highest BCUT2D eigenvalue weighted by Crippen LogP contribution is 2.45. The average molecular weight is 196 g/mol. The van der Waals surface area contributed by atoms with E-state index in [1.165, 1.54) is 11.1 Å². The van der Waals surface area contributed by atoms with E-state index in [-0.39, 0.29) is 5.41 Å². The van der Waals surface area contributed by atoms with Crippen LogP contribution in [-0.2, 0) is 5.41 Å². The largest absolute Gasteiger partial charge is 0.254 e. The van der Waals surface area contributed by atoms with Crippen molar-refractivity contribution in [3.05, 3.63) is 47.8 Å². The van der Waals surface area contributed by atoms with E-state index in [0.29, 0.717) is 0 Å². The standard InChI is InChI=1S/C13H12N2/c1-13(2)9-5-3-7-14-11(9)12-10(13)6-4-8-15-12/h3-8H,1-2H3. The summed E-state index contributed by atoms with van der Waals surface area (Å²) in [6.45, 7) is 4.45. The third-order valence-corrected chi connectivity index (χ3v) is 3.19. The highest BCUT2D eigenvalue weighted by Gasteiger charge is 2.36. The maximum atomic E-state index is 4.43. The van der Waals surface area contributed by atoms with Crippen molar-refractivity contribution < 1.29 is 0 Å². The Labute approximate surface area is 89.0 Å². The van der Waals surface area contributed by atoms with E-state index in [0.717, 1.165) is 11.4 Å². The molecule has 0 saturated heterocycles. The number of rotatable bonds is 0. The first-order valence-electron chi connectivity index (χ1n) is 5.12. The summed E-state index contributed by atoms with van der Waals surface area (Å²) in [6.07, 6.45) is 3.66. The highest BCUT2D eigenvalue weighted by atomic mass is 14.8. The Hall–Kier alpha value is -1.70. The SMILES string of the molecule is CC1(C)c2cccnc2-c2ncccc21. The van der Waals surface area contributed by atoms with E-state index in [9.17, 15) is 0 Å². The van der Waals surface area contributed by atoms with Gasteiger partial charge in [-0.1, -0.05) is 26.0 Å². The van der Waals surface area contributed by atoms with Gasteiger partial charge in [-0.05, 0) is 23.3 Å². The monoisotopic (exact) mass is 196 g/mol. The molecular formula is C13H12N2. The number of nitrogens with zero attached hydrogens (tertiary/aromatic N) is 2. The summed E-state index contributed by atoms with van der Waals surface area (Å²) in [4.78, 5) is 8.87. The Morgan fingerprint density at radius 1 is 0.867 bits per heavy atom. The normalized spacial score (nSPS) is 15.9. The molecule has 74 valence electrons. The predicted molar refractivity (Wildman–Crippen MR) is 59.6 cm³/mol. The van der Waals surface area contributed by atoms with Crippen molar-refractivity contribution in [2.24, 2.45) is 0 Å². The van der Waals surface area contributed by atoms with Gasteiger partial charge in [0, 0.05) is 17.8 Å². The van der Waals surface area contributed by atoms with Gasteiger partial charge in [-0.3, -0.25) is 9.97 Å². The lowest BCUT2D eigenvalue weighted by molar-refractivity contribution is 0.658. The summed E-state index contributed by atoms with van der Waals surface area (Å²) >= 11 is 0. The van der Waals surface area contributed by atoms with Crippen LogP contribution in [0, 0.1) is 0 Å². The van der Waals surface area contributed by atoms with Gasteiger partial charge in [0.15, 0.2) is 0 Å². The number of hydrogen-bond acceptors (Lipinski definition) is 2. The van der Waals surface area contributed by atoms with Crippen LogP contribution < -0.4 is 0 Å². The fourth-order valence-electron chi connectivity index (χ4n) is 2.34. The Balaban J connectivity index is 2.42. The first-order valence-corrected chi connectivity index (χ1v) is 5.12. The van der Waals surface area contributed by atoms with Crippen molar-refractivity contribution in [2.45, 2.75) is 19.3 Å². The Bertz CT molecular complexity index is 482. The fourth-order valence-corrected chi connectivity index (χ4v) is 2.34. The van der Waals surface area contributed by atoms with Crippen molar-refractivity contribution in [3.63, 3.8) is 0 Å². The number of fused-ring (bicyclic) bond motifs is 3. The molecule has 2 heterocycles. The molecule has 0 atom stereocenters. The van der Waals surface area contributed by atoms with Crippen molar-refractivity contribution in [1.82, 2.24) is 9.97 Å². The van der Waals surface area contributed by atoms with Gasteiger partial charge in [-0.2, -0.15) is 0 Å². The molecule has 0 unspecified atom stereocenters. The second kappa shape index (κ2) is 2.66. The van der Waals surface area contributed by atoms with E-state index in [1.54, 1.807) is 0 Å². The topological polar surface area (TPSA) is 25.8 Å². The Morgan fingerprint density at radius 2 is 1.33 bits per heavy atom. The van der Waals surface area contributed by atoms with Crippen LogP contribution >= 0.6 is 0 Å². The van der Waals surface area contributed by atoms with E-state index in [4.69, 9.17) is 0 Å². The first-order chi connectivity index (χ1) is 7.21. The summed E-state index contributed by atoms with van der Waals surface area (Å²) < 4.78 is 0. The van der Waals surface area contributed by atoms with Crippen LogP contribution in [0.2, 0.25) is 0 Å². The summed E-state index contributed by atoms with van der Waals surface area (Å²) in [7, 11) is 0. The second-order valence-electron chi connectivity index (χ2n) is 4.42. The Morgan fingerprint density at radius 3 is 1.80 bits per heavy atom. The molecule has 1 aliphatic rings. The van der Waals surface area contributed by atoms with Crippen LogP contribution in [0.4, 0.5) is 0 Å². The van der Waals surface area contributed by atoms with Crippen LogP contribution in [0.5, 0.6) is 0 Å². The van der Waals surface area contributed by atoms with Gasteiger partial charge in [0.2, 0.25) is 0 Å². The lowest BCUT2D eigenvalue weighted by Crippen LogP contribution is -2.14. The van der Waals surface area contributed by atoms with Gasteiger partial charge >= 0.3 is 0 Å². The minimum atomic E-state index is 0.0349. The molecule has 0 aliphatic heterocycles. The summed E-state index contributed by atoms with van der Waals surface area (Å²) in [6, 6.07) is 8.27. The van der Waals surface area contributed by atoms with Gasteiger partial charge in [-0.25, -0.2) is 0 Å². The number of aromatic nitrogens is 2.